The standard InChI is InChI=1S/C45H31N5/c1-4-12-30(13-5-1)36-18-10-20-38-40(36)39-21-11-19-37(42(39)47-41(38)32-26-28-46-29-27-32)31-22-24-35(25-23-31)45-49-43(33-14-6-2-7-15-33)48-44(50-45)34-16-8-3-9-17-34/h1-29,45H,(H,48,49,50). The van der Waals surface area contributed by atoms with Crippen LogP contribution in [0.4, 0.5) is 0 Å². The van der Waals surface area contributed by atoms with Crippen LogP contribution in [0.15, 0.2) is 186 Å². The largest absolute Gasteiger partial charge is 0.324 e. The van der Waals surface area contributed by atoms with Crippen LogP contribution in [0.5, 0.6) is 0 Å². The Morgan fingerprint density at radius 1 is 0.420 bits per heavy atom. The molecule has 0 aliphatic carbocycles. The number of amidine groups is 2. The number of rotatable bonds is 6. The Hall–Kier alpha value is -6.72. The van der Waals surface area contributed by atoms with E-state index in [0.717, 1.165) is 67.0 Å². The molecule has 1 aliphatic heterocycles. The van der Waals surface area contributed by atoms with Crippen LogP contribution in [0.25, 0.3) is 55.2 Å². The van der Waals surface area contributed by atoms with Gasteiger partial charge in [0, 0.05) is 50.8 Å². The smallest absolute Gasteiger partial charge is 0.169 e. The lowest BCUT2D eigenvalue weighted by Gasteiger charge is -2.22. The number of benzene rings is 6. The molecule has 0 spiro atoms. The summed E-state index contributed by atoms with van der Waals surface area (Å²) in [7, 11) is 0. The van der Waals surface area contributed by atoms with Crippen LogP contribution in [0.1, 0.15) is 22.9 Å². The van der Waals surface area contributed by atoms with Gasteiger partial charge in [-0.05, 0) is 34.4 Å². The van der Waals surface area contributed by atoms with E-state index >= 15 is 0 Å². The van der Waals surface area contributed by atoms with Gasteiger partial charge in [-0.3, -0.25) is 4.98 Å². The van der Waals surface area contributed by atoms with Gasteiger partial charge in [0.1, 0.15) is 11.7 Å². The van der Waals surface area contributed by atoms with E-state index in [1.54, 1.807) is 0 Å². The molecule has 0 amide bonds. The topological polar surface area (TPSA) is 62.5 Å². The Balaban J connectivity index is 1.19. The molecule has 0 bridgehead atoms. The van der Waals surface area contributed by atoms with Crippen molar-refractivity contribution in [2.75, 3.05) is 0 Å². The van der Waals surface area contributed by atoms with Crippen molar-refractivity contribution in [2.45, 2.75) is 6.17 Å². The molecular weight excluding hydrogens is 611 g/mol. The highest BCUT2D eigenvalue weighted by Crippen LogP contribution is 2.41. The molecule has 1 aliphatic rings. The molecule has 0 saturated heterocycles. The fraction of sp³-hybridized carbons (Fsp3) is 0.0222. The molecular formula is C45H31N5. The monoisotopic (exact) mass is 641 g/mol. The predicted molar refractivity (Wildman–Crippen MR) is 205 cm³/mol. The minimum Gasteiger partial charge on any atom is -0.324 e. The minimum atomic E-state index is -0.392. The summed E-state index contributed by atoms with van der Waals surface area (Å²) in [6, 6.07) is 56.7. The van der Waals surface area contributed by atoms with Crippen molar-refractivity contribution in [1.82, 2.24) is 15.3 Å². The van der Waals surface area contributed by atoms with Gasteiger partial charge in [-0.25, -0.2) is 15.0 Å². The van der Waals surface area contributed by atoms with Crippen molar-refractivity contribution in [3.63, 3.8) is 0 Å². The summed E-state index contributed by atoms with van der Waals surface area (Å²) in [5.74, 6) is 1.60. The third kappa shape index (κ3) is 5.41. The number of fused-ring (bicyclic) bond motifs is 3. The number of nitrogens with zero attached hydrogens (tertiary/aromatic N) is 4. The maximum Gasteiger partial charge on any atom is 0.169 e. The average molecular weight is 642 g/mol. The van der Waals surface area contributed by atoms with Crippen LogP contribution in [0, 0.1) is 0 Å². The van der Waals surface area contributed by atoms with Gasteiger partial charge in [-0.1, -0.05) is 152 Å². The molecule has 8 aromatic rings. The first-order valence-corrected chi connectivity index (χ1v) is 16.8. The van der Waals surface area contributed by atoms with E-state index in [1.807, 2.05) is 60.9 Å². The number of hydrogen-bond acceptors (Lipinski definition) is 5. The molecule has 5 heteroatoms. The Labute approximate surface area is 290 Å². The van der Waals surface area contributed by atoms with E-state index < -0.39 is 6.17 Å². The van der Waals surface area contributed by atoms with Crippen LogP contribution in [-0.2, 0) is 0 Å². The molecule has 50 heavy (non-hydrogen) atoms. The van der Waals surface area contributed by atoms with Crippen molar-refractivity contribution in [1.29, 1.82) is 0 Å². The molecule has 2 aromatic heterocycles. The van der Waals surface area contributed by atoms with Crippen molar-refractivity contribution < 1.29 is 0 Å². The molecule has 0 unspecified atom stereocenters. The summed E-state index contributed by atoms with van der Waals surface area (Å²) in [6.45, 7) is 0. The Morgan fingerprint density at radius 3 is 1.58 bits per heavy atom. The second kappa shape index (κ2) is 12.7. The van der Waals surface area contributed by atoms with Crippen molar-refractivity contribution in [2.24, 2.45) is 9.98 Å². The summed E-state index contributed by atoms with van der Waals surface area (Å²) < 4.78 is 0. The van der Waals surface area contributed by atoms with Crippen LogP contribution in [-0.4, -0.2) is 21.6 Å². The van der Waals surface area contributed by atoms with Gasteiger partial charge in [-0.2, -0.15) is 0 Å². The van der Waals surface area contributed by atoms with E-state index in [9.17, 15) is 0 Å². The summed E-state index contributed by atoms with van der Waals surface area (Å²) in [6.07, 6.45) is 3.27. The fourth-order valence-electron chi connectivity index (χ4n) is 6.82. The third-order valence-corrected chi connectivity index (χ3v) is 9.24. The third-order valence-electron chi connectivity index (χ3n) is 9.24. The zero-order valence-corrected chi connectivity index (χ0v) is 27.1. The van der Waals surface area contributed by atoms with E-state index in [1.165, 1.54) is 16.5 Å². The summed E-state index contributed by atoms with van der Waals surface area (Å²) in [4.78, 5) is 19.8. The zero-order chi connectivity index (χ0) is 33.3. The molecule has 9 rings (SSSR count). The van der Waals surface area contributed by atoms with Gasteiger partial charge < -0.3 is 5.32 Å². The molecule has 0 radical (unpaired) electrons. The van der Waals surface area contributed by atoms with Crippen LogP contribution >= 0.6 is 0 Å². The van der Waals surface area contributed by atoms with E-state index in [2.05, 4.69) is 126 Å². The van der Waals surface area contributed by atoms with Gasteiger partial charge in [0.05, 0.1) is 11.2 Å². The van der Waals surface area contributed by atoms with Crippen LogP contribution in [0.3, 0.4) is 0 Å². The molecule has 1 N–H and O–H groups in total. The number of para-hydroxylation sites is 1. The van der Waals surface area contributed by atoms with E-state index in [4.69, 9.17) is 15.0 Å². The highest BCUT2D eigenvalue weighted by Gasteiger charge is 2.21. The maximum atomic E-state index is 5.40. The Morgan fingerprint density at radius 2 is 0.960 bits per heavy atom. The number of aliphatic imine (C=N–C) groups is 2. The van der Waals surface area contributed by atoms with Crippen molar-refractivity contribution in [3.05, 3.63) is 193 Å². The van der Waals surface area contributed by atoms with Gasteiger partial charge in [-0.15, -0.1) is 0 Å². The van der Waals surface area contributed by atoms with Gasteiger partial charge in [0.25, 0.3) is 0 Å². The number of aromatic nitrogens is 2. The molecule has 6 aromatic carbocycles. The van der Waals surface area contributed by atoms with E-state index in [-0.39, 0.29) is 0 Å². The highest BCUT2D eigenvalue weighted by molar-refractivity contribution is 6.19. The SMILES string of the molecule is c1ccc(C2=NC(c3ccc(-c4cccc5c4nc(-c4ccncc4)c4cccc(-c6ccccc6)c45)cc3)N=C(c3ccccc3)N2)cc1. The second-order valence-corrected chi connectivity index (χ2v) is 12.3. The normalized spacial score (nSPS) is 13.1. The second-order valence-electron chi connectivity index (χ2n) is 12.3. The molecule has 3 heterocycles. The predicted octanol–water partition coefficient (Wildman–Crippen LogP) is 10.3. The average Bonchev–Trinajstić information content (AvgIpc) is 3.21. The molecule has 5 nitrogen and oxygen atoms in total. The zero-order valence-electron chi connectivity index (χ0n) is 27.1. The minimum absolute atomic E-state index is 0.392. The Bertz CT molecular complexity index is 2470. The molecule has 0 fully saturated rings. The van der Waals surface area contributed by atoms with E-state index in [0.29, 0.717) is 0 Å². The Kier molecular flexibility index (Phi) is 7.48. The van der Waals surface area contributed by atoms with Crippen molar-refractivity contribution >= 4 is 33.3 Å². The first-order valence-electron chi connectivity index (χ1n) is 16.8. The number of hydrogen-bond donors (Lipinski definition) is 1. The first-order chi connectivity index (χ1) is 24.8. The summed E-state index contributed by atoms with van der Waals surface area (Å²) >= 11 is 0. The van der Waals surface area contributed by atoms with Crippen molar-refractivity contribution in [3.8, 4) is 33.5 Å². The van der Waals surface area contributed by atoms with Crippen LogP contribution in [0.2, 0.25) is 0 Å². The van der Waals surface area contributed by atoms with Gasteiger partial charge in [0.2, 0.25) is 0 Å². The van der Waals surface area contributed by atoms with Gasteiger partial charge >= 0.3 is 0 Å². The number of nitrogens with one attached hydrogen (secondary N) is 1. The van der Waals surface area contributed by atoms with Gasteiger partial charge in [0.15, 0.2) is 6.17 Å². The summed E-state index contributed by atoms with van der Waals surface area (Å²) in [5, 5.41) is 6.90. The summed E-state index contributed by atoms with van der Waals surface area (Å²) in [5.41, 5.74) is 10.5. The lowest BCUT2D eigenvalue weighted by Crippen LogP contribution is -2.35. The quantitative estimate of drug-likeness (QED) is 0.184. The molecule has 0 saturated carbocycles. The fourth-order valence-corrected chi connectivity index (χ4v) is 6.82. The maximum absolute atomic E-state index is 5.40. The lowest BCUT2D eigenvalue weighted by molar-refractivity contribution is 0.756. The molecule has 0 atom stereocenters. The molecule has 236 valence electrons. The highest BCUT2D eigenvalue weighted by atomic mass is 15.2. The first kappa shape index (κ1) is 29.4. The number of pyridine rings is 2. The van der Waals surface area contributed by atoms with Crippen LogP contribution < -0.4 is 5.32 Å². The lowest BCUT2D eigenvalue weighted by atomic mass is 9.91.